The first-order valence-electron chi connectivity index (χ1n) is 5.86. The minimum atomic E-state index is -3.10. The molecule has 0 amide bonds. The molecule has 0 aliphatic heterocycles. The maximum Gasteiger partial charge on any atom is 0.313 e. The molecule has 1 unspecified atom stereocenters. The lowest BCUT2D eigenvalue weighted by atomic mass is 9.81. The van der Waals surface area contributed by atoms with E-state index in [2.05, 4.69) is 0 Å². The van der Waals surface area contributed by atoms with Gasteiger partial charge in [-0.25, -0.2) is 8.42 Å². The largest absolute Gasteiger partial charge is 0.466 e. The average Bonchev–Trinajstić information content (AvgIpc) is 2.23. The topological polar surface area (TPSA) is 86.5 Å². The molecular weight excluding hydrogens is 242 g/mol. The Morgan fingerprint density at radius 2 is 1.88 bits per heavy atom. The summed E-state index contributed by atoms with van der Waals surface area (Å²) in [5.74, 6) is -0.420. The second-order valence-electron chi connectivity index (χ2n) is 4.33. The second kappa shape index (κ2) is 6.96. The molecular formula is C11H23NO4S. The van der Waals surface area contributed by atoms with Gasteiger partial charge < -0.3 is 10.5 Å². The Bertz CT molecular complexity index is 339. The lowest BCUT2D eigenvalue weighted by molar-refractivity contribution is -0.155. The standard InChI is InChI=1S/C11H23NO4S/c1-4-6-11(9-12,10(13)16-5-2)7-8-17(3,14)15/h4-9,12H2,1-3H3. The van der Waals surface area contributed by atoms with Crippen LogP contribution in [-0.2, 0) is 19.4 Å². The summed E-state index contributed by atoms with van der Waals surface area (Å²) in [6, 6.07) is 0. The summed E-state index contributed by atoms with van der Waals surface area (Å²) < 4.78 is 27.4. The zero-order chi connectivity index (χ0) is 13.5. The molecule has 0 aromatic heterocycles. The summed E-state index contributed by atoms with van der Waals surface area (Å²) in [5.41, 5.74) is 4.81. The van der Waals surface area contributed by atoms with E-state index >= 15 is 0 Å². The first-order valence-corrected chi connectivity index (χ1v) is 7.92. The van der Waals surface area contributed by atoms with E-state index in [0.717, 1.165) is 12.7 Å². The molecule has 0 saturated carbocycles. The molecule has 0 aliphatic rings. The maximum atomic E-state index is 11.9. The third-order valence-electron chi connectivity index (χ3n) is 2.78. The normalized spacial score (nSPS) is 15.3. The van der Waals surface area contributed by atoms with E-state index in [1.165, 1.54) is 0 Å². The zero-order valence-electron chi connectivity index (χ0n) is 10.9. The molecule has 0 bridgehead atoms. The van der Waals surface area contributed by atoms with E-state index in [-0.39, 0.29) is 31.3 Å². The number of rotatable bonds is 8. The Kier molecular flexibility index (Phi) is 6.70. The Labute approximate surface area is 104 Å². The van der Waals surface area contributed by atoms with Gasteiger partial charge in [-0.3, -0.25) is 4.79 Å². The molecule has 0 fully saturated rings. The van der Waals surface area contributed by atoms with Crippen LogP contribution in [-0.4, -0.2) is 39.5 Å². The molecule has 2 N–H and O–H groups in total. The molecule has 6 heteroatoms. The predicted molar refractivity (Wildman–Crippen MR) is 67.4 cm³/mol. The van der Waals surface area contributed by atoms with E-state index < -0.39 is 15.3 Å². The number of nitrogens with two attached hydrogens (primary N) is 1. The van der Waals surface area contributed by atoms with Crippen molar-refractivity contribution in [2.24, 2.45) is 11.1 Å². The smallest absolute Gasteiger partial charge is 0.313 e. The summed E-state index contributed by atoms with van der Waals surface area (Å²) in [4.78, 5) is 11.9. The van der Waals surface area contributed by atoms with Gasteiger partial charge in [-0.1, -0.05) is 13.3 Å². The number of carbonyl (C=O) groups is 1. The van der Waals surface area contributed by atoms with Crippen molar-refractivity contribution < 1.29 is 17.9 Å². The van der Waals surface area contributed by atoms with Crippen molar-refractivity contribution in [3.8, 4) is 0 Å². The number of carbonyl (C=O) groups excluding carboxylic acids is 1. The zero-order valence-corrected chi connectivity index (χ0v) is 11.7. The molecule has 17 heavy (non-hydrogen) atoms. The molecule has 0 aromatic carbocycles. The van der Waals surface area contributed by atoms with Crippen molar-refractivity contribution in [3.05, 3.63) is 0 Å². The highest BCUT2D eigenvalue weighted by atomic mass is 32.2. The summed E-state index contributed by atoms with van der Waals surface area (Å²) in [5, 5.41) is 0. The lowest BCUT2D eigenvalue weighted by Crippen LogP contribution is -2.41. The van der Waals surface area contributed by atoms with Gasteiger partial charge >= 0.3 is 5.97 Å². The predicted octanol–water partition coefficient (Wildman–Crippen LogP) is 0.729. The van der Waals surface area contributed by atoms with Gasteiger partial charge in [0.2, 0.25) is 0 Å². The number of ether oxygens (including phenoxy) is 1. The van der Waals surface area contributed by atoms with Crippen molar-refractivity contribution in [1.82, 2.24) is 0 Å². The van der Waals surface area contributed by atoms with Crippen LogP contribution in [0.5, 0.6) is 0 Å². The molecule has 0 aliphatic carbocycles. The van der Waals surface area contributed by atoms with Crippen molar-refractivity contribution >= 4 is 15.8 Å². The van der Waals surface area contributed by atoms with E-state index in [1.807, 2.05) is 6.92 Å². The van der Waals surface area contributed by atoms with E-state index in [1.54, 1.807) is 6.92 Å². The SMILES string of the molecule is CCCC(CN)(CCS(C)(=O)=O)C(=O)OCC. The molecule has 0 rings (SSSR count). The molecule has 0 heterocycles. The van der Waals surface area contributed by atoms with Crippen LogP contribution in [0.15, 0.2) is 0 Å². The van der Waals surface area contributed by atoms with Gasteiger partial charge in [0.05, 0.1) is 17.8 Å². The van der Waals surface area contributed by atoms with Crippen LogP contribution in [0.3, 0.4) is 0 Å². The summed E-state index contributed by atoms with van der Waals surface area (Å²) in [6.07, 6.45) is 2.71. The molecule has 0 spiro atoms. The highest BCUT2D eigenvalue weighted by molar-refractivity contribution is 7.90. The van der Waals surface area contributed by atoms with Gasteiger partial charge in [0, 0.05) is 12.8 Å². The van der Waals surface area contributed by atoms with Crippen LogP contribution >= 0.6 is 0 Å². The van der Waals surface area contributed by atoms with Crippen molar-refractivity contribution in [3.63, 3.8) is 0 Å². The Morgan fingerprint density at radius 1 is 1.29 bits per heavy atom. The first kappa shape index (κ1) is 16.4. The minimum Gasteiger partial charge on any atom is -0.466 e. The van der Waals surface area contributed by atoms with E-state index in [0.29, 0.717) is 6.42 Å². The monoisotopic (exact) mass is 265 g/mol. The third-order valence-corrected chi connectivity index (χ3v) is 3.72. The van der Waals surface area contributed by atoms with E-state index in [4.69, 9.17) is 10.5 Å². The first-order chi connectivity index (χ1) is 7.81. The van der Waals surface area contributed by atoms with Crippen molar-refractivity contribution in [2.45, 2.75) is 33.1 Å². The maximum absolute atomic E-state index is 11.9. The van der Waals surface area contributed by atoms with E-state index in [9.17, 15) is 13.2 Å². The Balaban J connectivity index is 4.87. The Hall–Kier alpha value is -0.620. The molecule has 0 saturated heterocycles. The average molecular weight is 265 g/mol. The summed E-state index contributed by atoms with van der Waals surface area (Å²) in [7, 11) is -3.10. The third kappa shape index (κ3) is 5.50. The van der Waals surface area contributed by atoms with Gasteiger partial charge in [-0.2, -0.15) is 0 Å². The number of hydrogen-bond acceptors (Lipinski definition) is 5. The second-order valence-corrected chi connectivity index (χ2v) is 6.59. The van der Waals surface area contributed by atoms with Crippen molar-refractivity contribution in [1.29, 1.82) is 0 Å². The van der Waals surface area contributed by atoms with Crippen LogP contribution in [0.2, 0.25) is 0 Å². The fourth-order valence-corrected chi connectivity index (χ4v) is 2.52. The van der Waals surface area contributed by atoms with Crippen molar-refractivity contribution in [2.75, 3.05) is 25.2 Å². The fourth-order valence-electron chi connectivity index (χ4n) is 1.76. The van der Waals surface area contributed by atoms with Gasteiger partial charge in [-0.15, -0.1) is 0 Å². The van der Waals surface area contributed by atoms with Gasteiger partial charge in [0.15, 0.2) is 0 Å². The number of hydrogen-bond donors (Lipinski definition) is 1. The van der Waals surface area contributed by atoms with Crippen LogP contribution in [0.25, 0.3) is 0 Å². The number of esters is 1. The highest BCUT2D eigenvalue weighted by Crippen LogP contribution is 2.29. The van der Waals surface area contributed by atoms with Crippen LogP contribution < -0.4 is 5.73 Å². The van der Waals surface area contributed by atoms with Gasteiger partial charge in [0.25, 0.3) is 0 Å². The Morgan fingerprint density at radius 3 is 2.24 bits per heavy atom. The molecule has 5 nitrogen and oxygen atoms in total. The quantitative estimate of drug-likeness (QED) is 0.654. The highest BCUT2D eigenvalue weighted by Gasteiger charge is 2.38. The summed E-state index contributed by atoms with van der Waals surface area (Å²) in [6.45, 7) is 4.06. The van der Waals surface area contributed by atoms with Crippen LogP contribution in [0.1, 0.15) is 33.1 Å². The molecule has 0 radical (unpaired) electrons. The molecule has 0 aromatic rings. The van der Waals surface area contributed by atoms with Crippen LogP contribution in [0, 0.1) is 5.41 Å². The fraction of sp³-hybridized carbons (Fsp3) is 0.909. The van der Waals surface area contributed by atoms with Crippen LogP contribution in [0.4, 0.5) is 0 Å². The summed E-state index contributed by atoms with van der Waals surface area (Å²) >= 11 is 0. The minimum absolute atomic E-state index is 0.0387. The lowest BCUT2D eigenvalue weighted by Gasteiger charge is -2.29. The number of sulfone groups is 1. The molecule has 102 valence electrons. The van der Waals surface area contributed by atoms with Gasteiger partial charge in [0.1, 0.15) is 9.84 Å². The van der Waals surface area contributed by atoms with Gasteiger partial charge in [-0.05, 0) is 19.8 Å². The molecule has 1 atom stereocenters.